The molecule has 1 heterocycles. The van der Waals surface area contributed by atoms with Crippen LogP contribution in [0.15, 0.2) is 71.2 Å². The molecule has 0 saturated heterocycles. The number of hydrogen-bond donors (Lipinski definition) is 1. The van der Waals surface area contributed by atoms with Crippen molar-refractivity contribution < 1.29 is 27.9 Å². The molecule has 0 aliphatic carbocycles. The summed E-state index contributed by atoms with van der Waals surface area (Å²) in [6, 6.07) is 17.0. The lowest BCUT2D eigenvalue weighted by Gasteiger charge is -2.10. The number of fused-ring (bicyclic) bond motifs is 3. The third kappa shape index (κ3) is 4.40. The van der Waals surface area contributed by atoms with Crippen molar-refractivity contribution in [1.82, 2.24) is 0 Å². The molecule has 0 unspecified atom stereocenters. The maximum Gasteiger partial charge on any atom is 0.331 e. The van der Waals surface area contributed by atoms with E-state index in [4.69, 9.17) is 13.9 Å². The van der Waals surface area contributed by atoms with Crippen LogP contribution in [-0.2, 0) is 14.3 Å². The van der Waals surface area contributed by atoms with Crippen molar-refractivity contribution in [3.8, 4) is 5.75 Å². The molecule has 0 spiro atoms. The molecule has 156 valence electrons. The zero-order valence-electron chi connectivity index (χ0n) is 16.6. The van der Waals surface area contributed by atoms with E-state index in [0.717, 1.165) is 22.4 Å². The normalized spacial score (nSPS) is 11.2. The topological polar surface area (TPSA) is 77.8 Å². The second kappa shape index (κ2) is 8.71. The fourth-order valence-electron chi connectivity index (χ4n) is 3.16. The summed E-state index contributed by atoms with van der Waals surface area (Å²) in [5, 5.41) is 4.44. The third-order valence-electron chi connectivity index (χ3n) is 4.62. The summed E-state index contributed by atoms with van der Waals surface area (Å²) in [4.78, 5) is 24.1. The Bertz CT molecular complexity index is 1310. The van der Waals surface area contributed by atoms with Crippen LogP contribution in [0.5, 0.6) is 5.75 Å². The first kappa shape index (κ1) is 20.2. The lowest BCUT2D eigenvalue weighted by atomic mass is 10.1. The molecule has 0 aliphatic rings. The second-order valence-electron chi connectivity index (χ2n) is 6.66. The van der Waals surface area contributed by atoms with Gasteiger partial charge in [0.2, 0.25) is 0 Å². The van der Waals surface area contributed by atoms with Gasteiger partial charge in [0.1, 0.15) is 22.7 Å². The number of esters is 1. The van der Waals surface area contributed by atoms with Gasteiger partial charge in [-0.05, 0) is 24.3 Å². The summed E-state index contributed by atoms with van der Waals surface area (Å²) in [6.45, 7) is -0.512. The molecule has 1 amide bonds. The number of carbonyl (C=O) groups excluding carboxylic acids is 2. The molecule has 0 aliphatic heterocycles. The van der Waals surface area contributed by atoms with Crippen LogP contribution in [0, 0.1) is 5.82 Å². The van der Waals surface area contributed by atoms with Gasteiger partial charge in [-0.3, -0.25) is 4.79 Å². The Morgan fingerprint density at radius 2 is 1.81 bits per heavy atom. The van der Waals surface area contributed by atoms with E-state index in [0.29, 0.717) is 17.0 Å². The molecule has 31 heavy (non-hydrogen) atoms. The van der Waals surface area contributed by atoms with Crippen LogP contribution < -0.4 is 10.1 Å². The molecule has 0 fully saturated rings. The first-order chi connectivity index (χ1) is 15.0. The zero-order chi connectivity index (χ0) is 21.8. The van der Waals surface area contributed by atoms with Crippen molar-refractivity contribution in [1.29, 1.82) is 0 Å². The summed E-state index contributed by atoms with van der Waals surface area (Å²) in [6.07, 6.45) is 2.35. The number of carbonyl (C=O) groups is 2. The van der Waals surface area contributed by atoms with Crippen LogP contribution in [0.4, 0.5) is 10.1 Å². The highest BCUT2D eigenvalue weighted by Crippen LogP contribution is 2.36. The van der Waals surface area contributed by atoms with E-state index in [2.05, 4.69) is 5.32 Å². The molecule has 4 aromatic rings. The molecule has 6 nitrogen and oxygen atoms in total. The minimum absolute atomic E-state index is 0.243. The average Bonchev–Trinajstić information content (AvgIpc) is 3.14. The van der Waals surface area contributed by atoms with E-state index in [1.165, 1.54) is 25.3 Å². The van der Waals surface area contributed by atoms with E-state index in [1.807, 2.05) is 24.3 Å². The van der Waals surface area contributed by atoms with Gasteiger partial charge >= 0.3 is 5.97 Å². The number of para-hydroxylation sites is 1. The zero-order valence-corrected chi connectivity index (χ0v) is 16.6. The smallest absolute Gasteiger partial charge is 0.331 e. The number of methoxy groups -OCH3 is 1. The van der Waals surface area contributed by atoms with Crippen molar-refractivity contribution in [2.45, 2.75) is 0 Å². The Morgan fingerprint density at radius 3 is 2.61 bits per heavy atom. The minimum Gasteiger partial charge on any atom is -0.495 e. The number of anilines is 1. The maximum absolute atomic E-state index is 13.6. The quantitative estimate of drug-likeness (QED) is 0.354. The lowest BCUT2D eigenvalue weighted by molar-refractivity contribution is -0.142. The van der Waals surface area contributed by atoms with E-state index >= 15 is 0 Å². The van der Waals surface area contributed by atoms with Crippen LogP contribution in [0.3, 0.4) is 0 Å². The van der Waals surface area contributed by atoms with Crippen LogP contribution in [-0.4, -0.2) is 25.6 Å². The summed E-state index contributed by atoms with van der Waals surface area (Å²) in [5.41, 5.74) is 1.94. The molecule has 3 aromatic carbocycles. The Labute approximate surface area is 176 Å². The number of amides is 1. The number of ether oxygens (including phenoxy) is 2. The van der Waals surface area contributed by atoms with Crippen molar-refractivity contribution in [2.24, 2.45) is 0 Å². The van der Waals surface area contributed by atoms with Gasteiger partial charge in [-0.2, -0.15) is 0 Å². The number of benzene rings is 3. The average molecular weight is 419 g/mol. The molecule has 0 saturated carbocycles. The molecule has 0 radical (unpaired) electrons. The van der Waals surface area contributed by atoms with Gasteiger partial charge in [0.25, 0.3) is 5.91 Å². The fourth-order valence-corrected chi connectivity index (χ4v) is 3.16. The molecular weight excluding hydrogens is 401 g/mol. The van der Waals surface area contributed by atoms with Crippen LogP contribution in [0.25, 0.3) is 28.0 Å². The van der Waals surface area contributed by atoms with Gasteiger partial charge in [-0.1, -0.05) is 36.4 Å². The summed E-state index contributed by atoms with van der Waals surface area (Å²) >= 11 is 0. The molecule has 7 heteroatoms. The Morgan fingerprint density at radius 1 is 1.03 bits per heavy atom. The summed E-state index contributed by atoms with van der Waals surface area (Å²) < 4.78 is 29.7. The number of rotatable bonds is 6. The predicted octanol–water partition coefficient (Wildman–Crippen LogP) is 4.93. The number of nitrogens with one attached hydrogen (secondary N) is 1. The molecule has 1 N–H and O–H groups in total. The molecule has 0 atom stereocenters. The van der Waals surface area contributed by atoms with Gasteiger partial charge in [-0.15, -0.1) is 0 Å². The number of furan rings is 1. The molecule has 4 rings (SSSR count). The number of halogens is 1. The van der Waals surface area contributed by atoms with Crippen molar-refractivity contribution >= 4 is 45.6 Å². The highest BCUT2D eigenvalue weighted by atomic mass is 19.1. The van der Waals surface area contributed by atoms with Gasteiger partial charge < -0.3 is 19.2 Å². The van der Waals surface area contributed by atoms with Crippen molar-refractivity contribution in [2.75, 3.05) is 19.0 Å². The van der Waals surface area contributed by atoms with E-state index in [-0.39, 0.29) is 5.56 Å². The van der Waals surface area contributed by atoms with Gasteiger partial charge in [-0.25, -0.2) is 9.18 Å². The maximum atomic E-state index is 13.6. The molecule has 0 bridgehead atoms. The fraction of sp³-hybridized carbons (Fsp3) is 0.0833. The van der Waals surface area contributed by atoms with Crippen LogP contribution in [0.1, 0.15) is 5.56 Å². The highest BCUT2D eigenvalue weighted by molar-refractivity contribution is 6.08. The standard InChI is InChI=1S/C24H18FNO5/c1-29-22-12-17-16-7-3-5-9-20(16)31-21(17)13-19(22)26-23(27)14-30-24(28)11-10-15-6-2-4-8-18(15)25/h2-13H,14H2,1H3,(H,26,27)/b11-10+. The number of hydrogen-bond acceptors (Lipinski definition) is 5. The van der Waals surface area contributed by atoms with E-state index < -0.39 is 24.3 Å². The summed E-state index contributed by atoms with van der Waals surface area (Å²) in [7, 11) is 1.49. The summed E-state index contributed by atoms with van der Waals surface area (Å²) in [5.74, 6) is -1.34. The highest BCUT2D eigenvalue weighted by Gasteiger charge is 2.14. The SMILES string of the molecule is COc1cc2c(cc1NC(=O)COC(=O)/C=C/c1ccccc1F)oc1ccccc12. The lowest BCUT2D eigenvalue weighted by Crippen LogP contribution is -2.20. The Balaban J connectivity index is 1.43. The van der Waals surface area contributed by atoms with Gasteiger partial charge in [0.05, 0.1) is 12.8 Å². The van der Waals surface area contributed by atoms with Crippen molar-refractivity contribution in [3.05, 3.63) is 78.1 Å². The van der Waals surface area contributed by atoms with E-state index in [9.17, 15) is 14.0 Å². The monoisotopic (exact) mass is 419 g/mol. The van der Waals surface area contributed by atoms with Crippen LogP contribution in [0.2, 0.25) is 0 Å². The first-order valence-corrected chi connectivity index (χ1v) is 9.43. The third-order valence-corrected chi connectivity index (χ3v) is 4.62. The van der Waals surface area contributed by atoms with E-state index in [1.54, 1.807) is 24.3 Å². The van der Waals surface area contributed by atoms with Crippen LogP contribution >= 0.6 is 0 Å². The first-order valence-electron chi connectivity index (χ1n) is 9.43. The largest absolute Gasteiger partial charge is 0.495 e. The Kier molecular flexibility index (Phi) is 5.66. The molecular formula is C24H18FNO5. The van der Waals surface area contributed by atoms with Crippen molar-refractivity contribution in [3.63, 3.8) is 0 Å². The van der Waals surface area contributed by atoms with Gasteiger partial charge in [0.15, 0.2) is 6.61 Å². The van der Waals surface area contributed by atoms with Gasteiger partial charge in [0, 0.05) is 28.5 Å². The predicted molar refractivity (Wildman–Crippen MR) is 115 cm³/mol. The Hall–Kier alpha value is -4.13. The second-order valence-corrected chi connectivity index (χ2v) is 6.66. The molecule has 1 aromatic heterocycles. The minimum atomic E-state index is -0.766.